The molecule has 3 rings (SSSR count). The highest BCUT2D eigenvalue weighted by Gasteiger charge is 2.43. The molecular formula is C26H34N2O4S. The lowest BCUT2D eigenvalue weighted by Gasteiger charge is -2.34. The maximum absolute atomic E-state index is 13.3. The van der Waals surface area contributed by atoms with E-state index in [4.69, 9.17) is 0 Å². The number of hydrogen-bond donors (Lipinski definition) is 1. The van der Waals surface area contributed by atoms with Crippen LogP contribution in [-0.4, -0.2) is 51.2 Å². The SMILES string of the molecule is CC(=O)CC(C(=O)N1C[C@H](O)C[C@H]1C(=O)CCc1ccc(-c2scnc2C)cc1)C(C)(C)C. The van der Waals surface area contributed by atoms with Crippen molar-refractivity contribution in [2.24, 2.45) is 11.3 Å². The largest absolute Gasteiger partial charge is 0.391 e. The summed E-state index contributed by atoms with van der Waals surface area (Å²) in [6.45, 7) is 9.40. The maximum atomic E-state index is 13.3. The summed E-state index contributed by atoms with van der Waals surface area (Å²) < 4.78 is 0. The minimum absolute atomic E-state index is 0.0437. The maximum Gasteiger partial charge on any atom is 0.227 e. The van der Waals surface area contributed by atoms with Crippen LogP contribution in [0.15, 0.2) is 29.8 Å². The minimum atomic E-state index is -0.720. The number of aromatic nitrogens is 1. The van der Waals surface area contributed by atoms with E-state index in [1.54, 1.807) is 11.3 Å². The Balaban J connectivity index is 1.67. The summed E-state index contributed by atoms with van der Waals surface area (Å²) in [6.07, 6.45) is 0.549. The number of aliphatic hydroxyl groups is 1. The van der Waals surface area contributed by atoms with Crippen molar-refractivity contribution in [2.45, 2.75) is 72.4 Å². The van der Waals surface area contributed by atoms with Gasteiger partial charge >= 0.3 is 0 Å². The molecule has 0 radical (unpaired) electrons. The second-order valence-electron chi connectivity index (χ2n) is 10.2. The first kappa shape index (κ1) is 25.2. The zero-order valence-corrected chi connectivity index (χ0v) is 20.9. The van der Waals surface area contributed by atoms with Crippen LogP contribution in [0.4, 0.5) is 0 Å². The molecule has 1 amide bonds. The van der Waals surface area contributed by atoms with Gasteiger partial charge in [0.2, 0.25) is 5.91 Å². The fraction of sp³-hybridized carbons (Fsp3) is 0.538. The molecule has 2 aromatic rings. The predicted molar refractivity (Wildman–Crippen MR) is 130 cm³/mol. The molecule has 1 saturated heterocycles. The molecule has 178 valence electrons. The van der Waals surface area contributed by atoms with Crippen LogP contribution in [0.5, 0.6) is 0 Å². The number of aliphatic hydroxyl groups excluding tert-OH is 1. The van der Waals surface area contributed by atoms with Crippen molar-refractivity contribution in [3.8, 4) is 10.4 Å². The van der Waals surface area contributed by atoms with Gasteiger partial charge < -0.3 is 14.8 Å². The van der Waals surface area contributed by atoms with Crippen molar-refractivity contribution in [2.75, 3.05) is 6.54 Å². The van der Waals surface area contributed by atoms with Crippen LogP contribution in [-0.2, 0) is 20.8 Å². The van der Waals surface area contributed by atoms with Crippen LogP contribution in [0.3, 0.4) is 0 Å². The molecule has 6 nitrogen and oxygen atoms in total. The Morgan fingerprint density at radius 1 is 1.21 bits per heavy atom. The van der Waals surface area contributed by atoms with E-state index < -0.39 is 23.5 Å². The summed E-state index contributed by atoms with van der Waals surface area (Å²) in [6, 6.07) is 7.51. The minimum Gasteiger partial charge on any atom is -0.391 e. The van der Waals surface area contributed by atoms with Crippen molar-refractivity contribution >= 4 is 28.8 Å². The summed E-state index contributed by atoms with van der Waals surface area (Å²) in [7, 11) is 0. The number of thiazole rings is 1. The number of rotatable bonds is 8. The van der Waals surface area contributed by atoms with Gasteiger partial charge in [0.25, 0.3) is 0 Å². The molecule has 1 aromatic heterocycles. The van der Waals surface area contributed by atoms with Crippen LogP contribution < -0.4 is 0 Å². The van der Waals surface area contributed by atoms with Gasteiger partial charge in [-0.2, -0.15) is 0 Å². The molecule has 1 N–H and O–H groups in total. The molecule has 0 saturated carbocycles. The molecule has 33 heavy (non-hydrogen) atoms. The van der Waals surface area contributed by atoms with Crippen molar-refractivity contribution in [1.82, 2.24) is 9.88 Å². The summed E-state index contributed by atoms with van der Waals surface area (Å²) in [5.41, 5.74) is 4.59. The van der Waals surface area contributed by atoms with Crippen molar-refractivity contribution < 1.29 is 19.5 Å². The zero-order valence-electron chi connectivity index (χ0n) is 20.1. The van der Waals surface area contributed by atoms with Gasteiger partial charge in [0, 0.05) is 31.7 Å². The average molecular weight is 471 g/mol. The highest BCUT2D eigenvalue weighted by atomic mass is 32.1. The Morgan fingerprint density at radius 2 is 1.88 bits per heavy atom. The predicted octanol–water partition coefficient (Wildman–Crippen LogP) is 4.22. The molecule has 0 spiro atoms. The van der Waals surface area contributed by atoms with Crippen LogP contribution in [0.2, 0.25) is 0 Å². The first-order chi connectivity index (χ1) is 15.5. The number of carbonyl (C=O) groups is 3. The normalized spacial score (nSPS) is 19.5. The van der Waals surface area contributed by atoms with Crippen LogP contribution >= 0.6 is 11.3 Å². The Morgan fingerprint density at radius 3 is 2.42 bits per heavy atom. The van der Waals surface area contributed by atoms with Crippen LogP contribution in [0.25, 0.3) is 10.4 Å². The van der Waals surface area contributed by atoms with Crippen LogP contribution in [0, 0.1) is 18.3 Å². The van der Waals surface area contributed by atoms with Gasteiger partial charge in [0.15, 0.2) is 5.78 Å². The molecule has 0 aliphatic carbocycles. The number of Topliss-reactive ketones (excluding diaryl/α,β-unsaturated/α-hetero) is 2. The van der Waals surface area contributed by atoms with Gasteiger partial charge in [0.1, 0.15) is 5.78 Å². The van der Waals surface area contributed by atoms with Crippen molar-refractivity contribution in [3.05, 3.63) is 41.0 Å². The van der Waals surface area contributed by atoms with Crippen molar-refractivity contribution in [3.63, 3.8) is 0 Å². The average Bonchev–Trinajstić information content (AvgIpc) is 3.35. The van der Waals surface area contributed by atoms with E-state index in [9.17, 15) is 19.5 Å². The topological polar surface area (TPSA) is 87.6 Å². The molecule has 2 heterocycles. The standard InChI is InChI=1S/C26H34N2O4S/c1-16(29)12-21(26(3,4)5)25(32)28-14-20(30)13-22(28)23(31)11-8-18-6-9-19(10-7-18)24-17(2)27-15-33-24/h6-7,9-10,15,20-22,30H,8,11-14H2,1-5H3/t20-,21?,22+/m1/s1. The van der Waals surface area contributed by atoms with Gasteiger partial charge in [-0.3, -0.25) is 9.59 Å². The fourth-order valence-electron chi connectivity index (χ4n) is 4.45. The Labute approximate surface area is 200 Å². The third-order valence-electron chi connectivity index (χ3n) is 6.39. The lowest BCUT2D eigenvalue weighted by Crippen LogP contribution is -2.47. The lowest BCUT2D eigenvalue weighted by atomic mass is 9.77. The summed E-state index contributed by atoms with van der Waals surface area (Å²) in [5.74, 6) is -0.823. The Bertz CT molecular complexity index is 1010. The molecular weight excluding hydrogens is 436 g/mol. The number of hydrogen-bond acceptors (Lipinski definition) is 6. The summed E-state index contributed by atoms with van der Waals surface area (Å²) >= 11 is 1.61. The highest BCUT2D eigenvalue weighted by molar-refractivity contribution is 7.13. The number of β-amino-alcohol motifs (C(OH)–C–C–N with tert-alkyl or cyclic N) is 1. The number of nitrogens with zero attached hydrogens (tertiary/aromatic N) is 2. The fourth-order valence-corrected chi connectivity index (χ4v) is 5.26. The molecule has 1 aromatic carbocycles. The van der Waals surface area contributed by atoms with Gasteiger partial charge in [-0.05, 0) is 36.8 Å². The van der Waals surface area contributed by atoms with E-state index in [2.05, 4.69) is 4.98 Å². The van der Waals surface area contributed by atoms with E-state index in [1.807, 2.05) is 57.5 Å². The number of ketones is 2. The zero-order chi connectivity index (χ0) is 24.3. The molecule has 1 aliphatic rings. The smallest absolute Gasteiger partial charge is 0.227 e. The Hall–Kier alpha value is -2.38. The number of likely N-dealkylation sites (tertiary alicyclic amines) is 1. The van der Waals surface area contributed by atoms with Crippen molar-refractivity contribution in [1.29, 1.82) is 0 Å². The second-order valence-corrected chi connectivity index (χ2v) is 11.0. The number of benzene rings is 1. The van der Waals surface area contributed by atoms with Crippen LogP contribution in [0.1, 0.15) is 58.2 Å². The quantitative estimate of drug-likeness (QED) is 0.624. The Kier molecular flexibility index (Phi) is 7.85. The first-order valence-corrected chi connectivity index (χ1v) is 12.4. The van der Waals surface area contributed by atoms with Gasteiger partial charge in [-0.1, -0.05) is 45.0 Å². The van der Waals surface area contributed by atoms with E-state index in [1.165, 1.54) is 11.8 Å². The molecule has 1 aliphatic heterocycles. The monoisotopic (exact) mass is 470 g/mol. The lowest BCUT2D eigenvalue weighted by molar-refractivity contribution is -0.145. The van der Waals surface area contributed by atoms with E-state index in [0.29, 0.717) is 12.8 Å². The summed E-state index contributed by atoms with van der Waals surface area (Å²) in [5, 5.41) is 10.2. The first-order valence-electron chi connectivity index (χ1n) is 11.5. The third kappa shape index (κ3) is 6.15. The van der Waals surface area contributed by atoms with Gasteiger partial charge in [0.05, 0.1) is 28.2 Å². The van der Waals surface area contributed by atoms with Gasteiger partial charge in [-0.15, -0.1) is 11.3 Å². The third-order valence-corrected chi connectivity index (χ3v) is 7.37. The highest BCUT2D eigenvalue weighted by Crippen LogP contribution is 2.34. The van der Waals surface area contributed by atoms with E-state index >= 15 is 0 Å². The molecule has 7 heteroatoms. The molecule has 1 unspecified atom stereocenters. The summed E-state index contributed by atoms with van der Waals surface area (Å²) in [4.78, 5) is 45.2. The number of aryl methyl sites for hydroxylation is 2. The van der Waals surface area contributed by atoms with E-state index in [-0.39, 0.29) is 36.9 Å². The molecule has 1 fully saturated rings. The number of amides is 1. The van der Waals surface area contributed by atoms with E-state index in [0.717, 1.165) is 21.7 Å². The molecule has 0 bridgehead atoms. The van der Waals surface area contributed by atoms with Gasteiger partial charge in [-0.25, -0.2) is 4.98 Å². The molecule has 3 atom stereocenters. The second kappa shape index (κ2) is 10.3. The number of carbonyl (C=O) groups excluding carboxylic acids is 3.